The predicted octanol–water partition coefficient (Wildman–Crippen LogP) is -7.29. The summed E-state index contributed by atoms with van der Waals surface area (Å²) in [5.41, 5.74) is 23.5. The molecule has 2 heterocycles. The summed E-state index contributed by atoms with van der Waals surface area (Å²) in [6.07, 6.45) is -16.5. The normalized spacial score (nSPS) is 53.7. The number of rotatable bonds is 6. The fourth-order valence-corrected chi connectivity index (χ4v) is 4.40. The molecule has 15 heteroatoms. The zero-order valence-electron chi connectivity index (χ0n) is 17.9. The summed E-state index contributed by atoms with van der Waals surface area (Å²) in [7, 11) is 0. The Morgan fingerprint density at radius 1 is 0.667 bits per heavy atom. The van der Waals surface area contributed by atoms with Gasteiger partial charge in [0.25, 0.3) is 0 Å². The fourth-order valence-electron chi connectivity index (χ4n) is 4.40. The molecule has 0 aromatic carbocycles. The van der Waals surface area contributed by atoms with E-state index in [0.29, 0.717) is 0 Å². The average Bonchev–Trinajstić information content (AvgIpc) is 2.79. The molecule has 3 rings (SSSR count). The lowest BCUT2D eigenvalue weighted by Gasteiger charge is -2.48. The van der Waals surface area contributed by atoms with Crippen molar-refractivity contribution in [2.45, 2.75) is 98.2 Å². The van der Waals surface area contributed by atoms with Gasteiger partial charge in [-0.05, 0) is 6.42 Å². The number of hydrogen-bond donors (Lipinski definition) is 11. The van der Waals surface area contributed by atoms with Crippen LogP contribution < -0.4 is 22.9 Å². The van der Waals surface area contributed by atoms with Crippen LogP contribution >= 0.6 is 0 Å². The number of hydrogen-bond acceptors (Lipinski definition) is 15. The Morgan fingerprint density at radius 3 is 1.70 bits per heavy atom. The quantitative estimate of drug-likeness (QED) is 0.167. The second-order valence-corrected chi connectivity index (χ2v) is 8.79. The average molecular weight is 485 g/mol. The van der Waals surface area contributed by atoms with E-state index in [1.165, 1.54) is 0 Å². The minimum Gasteiger partial charge on any atom is -0.394 e. The molecule has 3 fully saturated rings. The summed E-state index contributed by atoms with van der Waals surface area (Å²) in [5, 5.41) is 70.9. The van der Waals surface area contributed by atoms with E-state index in [1.54, 1.807) is 0 Å². The highest BCUT2D eigenvalue weighted by molar-refractivity contribution is 5.01. The van der Waals surface area contributed by atoms with Gasteiger partial charge in [-0.1, -0.05) is 0 Å². The van der Waals surface area contributed by atoms with Crippen molar-refractivity contribution in [3.63, 3.8) is 0 Å². The van der Waals surface area contributed by atoms with E-state index in [-0.39, 0.29) is 13.0 Å². The van der Waals surface area contributed by atoms with E-state index in [2.05, 4.69) is 0 Å². The van der Waals surface area contributed by atoms with Crippen LogP contribution in [-0.4, -0.2) is 141 Å². The standard InChI is InChI=1S/C18H36N4O11/c19-2-6-10(25)12(27)13(28)18(30-6)33-16-5(21)1-4(20)15(14(16)29)32-17-11(26)8(22)9(24)7(3-23)31-17/h4-18,23-29H,1-3,19-22H2/t4-,5+,6-,7+,8-,9-,10+,11-,12-,13+,14-,15-,16+,17-,18+/m0/s1. The van der Waals surface area contributed by atoms with Gasteiger partial charge in [0.05, 0.1) is 12.6 Å². The van der Waals surface area contributed by atoms with Crippen molar-refractivity contribution in [2.24, 2.45) is 22.9 Å². The smallest absolute Gasteiger partial charge is 0.187 e. The molecule has 194 valence electrons. The minimum absolute atomic E-state index is 0.0849. The van der Waals surface area contributed by atoms with Gasteiger partial charge in [-0.25, -0.2) is 0 Å². The predicted molar refractivity (Wildman–Crippen MR) is 108 cm³/mol. The second kappa shape index (κ2) is 11.0. The van der Waals surface area contributed by atoms with Crippen LogP contribution in [0.2, 0.25) is 0 Å². The van der Waals surface area contributed by atoms with Crippen molar-refractivity contribution in [3.8, 4) is 0 Å². The van der Waals surface area contributed by atoms with E-state index in [0.717, 1.165) is 0 Å². The monoisotopic (exact) mass is 484 g/mol. The number of aliphatic hydroxyl groups is 7. The minimum atomic E-state index is -1.66. The van der Waals surface area contributed by atoms with Gasteiger partial charge in [-0.15, -0.1) is 0 Å². The first-order valence-corrected chi connectivity index (χ1v) is 10.8. The first-order chi connectivity index (χ1) is 15.5. The van der Waals surface area contributed by atoms with Gasteiger partial charge in [0.15, 0.2) is 12.6 Å². The fraction of sp³-hybridized carbons (Fsp3) is 1.00. The highest BCUT2D eigenvalue weighted by Gasteiger charge is 2.51. The summed E-state index contributed by atoms with van der Waals surface area (Å²) in [4.78, 5) is 0. The van der Waals surface area contributed by atoms with E-state index < -0.39 is 98.4 Å². The first-order valence-electron chi connectivity index (χ1n) is 10.8. The molecule has 0 amide bonds. The lowest BCUT2D eigenvalue weighted by molar-refractivity contribution is -0.332. The van der Waals surface area contributed by atoms with Crippen LogP contribution in [0, 0.1) is 0 Å². The lowest BCUT2D eigenvalue weighted by Crippen LogP contribution is -2.68. The summed E-state index contributed by atoms with van der Waals surface area (Å²) >= 11 is 0. The van der Waals surface area contributed by atoms with Crippen LogP contribution in [0.4, 0.5) is 0 Å². The van der Waals surface area contributed by atoms with Crippen molar-refractivity contribution in [3.05, 3.63) is 0 Å². The zero-order valence-corrected chi connectivity index (χ0v) is 17.9. The van der Waals surface area contributed by atoms with Gasteiger partial charge < -0.3 is 77.6 Å². The molecular formula is C18H36N4O11. The lowest BCUT2D eigenvalue weighted by atomic mass is 9.84. The Morgan fingerprint density at radius 2 is 1.18 bits per heavy atom. The maximum Gasteiger partial charge on any atom is 0.187 e. The molecule has 0 aromatic rings. The maximum absolute atomic E-state index is 10.9. The van der Waals surface area contributed by atoms with Crippen molar-refractivity contribution in [1.29, 1.82) is 0 Å². The van der Waals surface area contributed by atoms with Crippen LogP contribution in [0.25, 0.3) is 0 Å². The van der Waals surface area contributed by atoms with Crippen molar-refractivity contribution in [1.82, 2.24) is 0 Å². The Balaban J connectivity index is 1.72. The van der Waals surface area contributed by atoms with E-state index >= 15 is 0 Å². The van der Waals surface area contributed by atoms with Crippen LogP contribution in [0.15, 0.2) is 0 Å². The summed E-state index contributed by atoms with van der Waals surface area (Å²) < 4.78 is 22.2. The largest absolute Gasteiger partial charge is 0.394 e. The summed E-state index contributed by atoms with van der Waals surface area (Å²) in [5.74, 6) is 0. The molecular weight excluding hydrogens is 448 g/mol. The summed E-state index contributed by atoms with van der Waals surface area (Å²) in [6, 6.07) is -2.86. The van der Waals surface area contributed by atoms with Crippen molar-refractivity contribution in [2.75, 3.05) is 13.2 Å². The molecule has 0 bridgehead atoms. The van der Waals surface area contributed by atoms with E-state index in [1.807, 2.05) is 0 Å². The molecule has 1 saturated carbocycles. The Kier molecular flexibility index (Phi) is 8.99. The van der Waals surface area contributed by atoms with Crippen LogP contribution in [0.5, 0.6) is 0 Å². The molecule has 3 aliphatic rings. The molecule has 0 radical (unpaired) electrons. The van der Waals surface area contributed by atoms with Crippen molar-refractivity contribution >= 4 is 0 Å². The van der Waals surface area contributed by atoms with Gasteiger partial charge in [-0.2, -0.15) is 0 Å². The van der Waals surface area contributed by atoms with Crippen LogP contribution in [-0.2, 0) is 18.9 Å². The maximum atomic E-state index is 10.9. The molecule has 1 aliphatic carbocycles. The molecule has 2 saturated heterocycles. The third kappa shape index (κ3) is 5.32. The van der Waals surface area contributed by atoms with E-state index in [4.69, 9.17) is 41.9 Å². The Labute approximate surface area is 189 Å². The van der Waals surface area contributed by atoms with Gasteiger partial charge in [-0.3, -0.25) is 0 Å². The van der Waals surface area contributed by atoms with Crippen LogP contribution in [0.1, 0.15) is 6.42 Å². The first kappa shape index (κ1) is 27.0. The highest BCUT2D eigenvalue weighted by Crippen LogP contribution is 2.31. The number of ether oxygens (including phenoxy) is 4. The zero-order chi connectivity index (χ0) is 24.6. The molecule has 15 nitrogen and oxygen atoms in total. The third-order valence-corrected chi connectivity index (χ3v) is 6.48. The molecule has 2 aliphatic heterocycles. The number of nitrogens with two attached hydrogens (primary N) is 4. The SMILES string of the molecule is NC[C@@H]1O[C@H](O[C@H]2[C@@H](O)[C@@H](O[C@@H]3O[C@H](CO)[C@H](O)[C@H](N)[C@@H]3O)[C@@H](N)C[C@H]2N)[C@H](O)[C@@H](O)[C@@H]1O. The third-order valence-electron chi connectivity index (χ3n) is 6.48. The van der Waals surface area contributed by atoms with Gasteiger partial charge >= 0.3 is 0 Å². The Bertz CT molecular complexity index is 584. The van der Waals surface area contributed by atoms with Gasteiger partial charge in [0.1, 0.15) is 61.0 Å². The molecule has 15 N–H and O–H groups in total. The second-order valence-electron chi connectivity index (χ2n) is 8.79. The Hall–Kier alpha value is -0.600. The molecule has 15 atom stereocenters. The topological polar surface area (TPSA) is 283 Å². The van der Waals surface area contributed by atoms with Crippen molar-refractivity contribution < 1.29 is 54.7 Å². The molecule has 33 heavy (non-hydrogen) atoms. The molecule has 0 aromatic heterocycles. The summed E-state index contributed by atoms with van der Waals surface area (Å²) in [6.45, 7) is -0.763. The molecule has 0 unspecified atom stereocenters. The van der Waals surface area contributed by atoms with Gasteiger partial charge in [0, 0.05) is 18.6 Å². The molecule has 0 spiro atoms. The highest BCUT2D eigenvalue weighted by atomic mass is 16.7. The number of aliphatic hydroxyl groups excluding tert-OH is 7. The van der Waals surface area contributed by atoms with Crippen LogP contribution in [0.3, 0.4) is 0 Å². The van der Waals surface area contributed by atoms with E-state index in [9.17, 15) is 35.7 Å². The van der Waals surface area contributed by atoms with Gasteiger partial charge in [0.2, 0.25) is 0 Å².